The van der Waals surface area contributed by atoms with Crippen molar-refractivity contribution >= 4 is 46.0 Å². The average molecular weight is 535 g/mol. The molecule has 9 heteroatoms. The summed E-state index contributed by atoms with van der Waals surface area (Å²) in [4.78, 5) is 13.8. The number of rotatable bonds is 14. The van der Waals surface area contributed by atoms with E-state index in [-0.39, 0.29) is 5.91 Å². The minimum absolute atomic E-state index is 0.159. The third-order valence-electron chi connectivity index (χ3n) is 6.03. The molecule has 38 heavy (non-hydrogen) atoms. The van der Waals surface area contributed by atoms with Crippen molar-refractivity contribution in [2.75, 3.05) is 45.8 Å². The van der Waals surface area contributed by atoms with Crippen molar-refractivity contribution in [3.63, 3.8) is 0 Å². The van der Waals surface area contributed by atoms with Crippen molar-refractivity contribution in [1.82, 2.24) is 15.5 Å². The van der Waals surface area contributed by atoms with Crippen LogP contribution in [0.3, 0.4) is 0 Å². The largest absolute Gasteiger partial charge is 0.493 e. The molecule has 2 heterocycles. The molecule has 8 nitrogen and oxygen atoms in total. The highest BCUT2D eigenvalue weighted by Crippen LogP contribution is 2.35. The van der Waals surface area contributed by atoms with Crippen LogP contribution >= 0.6 is 11.3 Å². The van der Waals surface area contributed by atoms with Crippen LogP contribution in [0.15, 0.2) is 47.8 Å². The van der Waals surface area contributed by atoms with Gasteiger partial charge in [0, 0.05) is 30.7 Å². The highest BCUT2D eigenvalue weighted by molar-refractivity contribution is 7.12. The number of thiophene rings is 1. The van der Waals surface area contributed by atoms with Gasteiger partial charge in [-0.25, -0.2) is 0 Å². The number of H-pyrrole nitrogens is 1. The van der Waals surface area contributed by atoms with E-state index < -0.39 is 0 Å². The van der Waals surface area contributed by atoms with Crippen LogP contribution < -0.4 is 20.1 Å². The number of fused-ring (bicyclic) bond motifs is 1. The maximum absolute atomic E-state index is 13.1. The van der Waals surface area contributed by atoms with Gasteiger partial charge in [-0.2, -0.15) is 5.10 Å². The molecule has 4 aromatic rings. The molecule has 0 aliphatic rings. The van der Waals surface area contributed by atoms with Gasteiger partial charge in [-0.15, -0.1) is 11.3 Å². The number of carbonyl (C=O) groups is 1. The van der Waals surface area contributed by atoms with E-state index in [4.69, 9.17) is 14.2 Å². The predicted octanol–water partition coefficient (Wildman–Crippen LogP) is 5.76. The Balaban J connectivity index is 1.55. The number of ether oxygens (including phenoxy) is 3. The second kappa shape index (κ2) is 13.8. The van der Waals surface area contributed by atoms with Gasteiger partial charge in [-0.1, -0.05) is 24.3 Å². The summed E-state index contributed by atoms with van der Waals surface area (Å²) in [5.74, 6) is 1.01. The van der Waals surface area contributed by atoms with Gasteiger partial charge in [0.25, 0.3) is 5.91 Å². The summed E-state index contributed by atoms with van der Waals surface area (Å²) >= 11 is 1.42. The molecule has 0 atom stereocenters. The van der Waals surface area contributed by atoms with E-state index in [0.717, 1.165) is 60.3 Å². The summed E-state index contributed by atoms with van der Waals surface area (Å²) in [5, 5.41) is 16.9. The number of benzene rings is 2. The smallest absolute Gasteiger partial charge is 0.266 e. The van der Waals surface area contributed by atoms with Crippen LogP contribution in [0.5, 0.6) is 11.5 Å². The molecule has 0 unspecified atom stereocenters. The molecular formula is C29H34N4O4S. The fourth-order valence-electron chi connectivity index (χ4n) is 4.00. The fraction of sp³-hybridized carbons (Fsp3) is 0.310. The summed E-state index contributed by atoms with van der Waals surface area (Å²) in [6.45, 7) is 4.94. The van der Waals surface area contributed by atoms with Crippen LogP contribution in [0.1, 0.15) is 39.3 Å². The first-order valence-corrected chi connectivity index (χ1v) is 13.5. The monoisotopic (exact) mass is 534 g/mol. The van der Waals surface area contributed by atoms with E-state index in [1.807, 2.05) is 66.9 Å². The summed E-state index contributed by atoms with van der Waals surface area (Å²) < 4.78 is 16.8. The maximum atomic E-state index is 13.1. The highest BCUT2D eigenvalue weighted by Gasteiger charge is 2.16. The predicted molar refractivity (Wildman–Crippen MR) is 154 cm³/mol. The summed E-state index contributed by atoms with van der Waals surface area (Å²) in [6, 6.07) is 13.6. The van der Waals surface area contributed by atoms with E-state index in [0.29, 0.717) is 28.7 Å². The molecule has 0 fully saturated rings. The van der Waals surface area contributed by atoms with E-state index >= 15 is 0 Å². The van der Waals surface area contributed by atoms with Crippen LogP contribution in [0, 0.1) is 6.92 Å². The van der Waals surface area contributed by atoms with Crippen molar-refractivity contribution in [1.29, 1.82) is 0 Å². The van der Waals surface area contributed by atoms with Crippen molar-refractivity contribution < 1.29 is 19.0 Å². The van der Waals surface area contributed by atoms with Gasteiger partial charge >= 0.3 is 0 Å². The third kappa shape index (κ3) is 7.00. The molecule has 200 valence electrons. The Bertz CT molecular complexity index is 1380. The van der Waals surface area contributed by atoms with Crippen molar-refractivity contribution in [2.45, 2.75) is 19.8 Å². The van der Waals surface area contributed by atoms with E-state index in [2.05, 4.69) is 20.8 Å². The van der Waals surface area contributed by atoms with E-state index in [9.17, 15) is 4.79 Å². The number of methoxy groups -OCH3 is 2. The first-order valence-electron chi connectivity index (χ1n) is 12.6. The van der Waals surface area contributed by atoms with Gasteiger partial charge in [-0.3, -0.25) is 9.89 Å². The van der Waals surface area contributed by atoms with Gasteiger partial charge in [0.05, 0.1) is 35.5 Å². The van der Waals surface area contributed by atoms with Crippen LogP contribution in [0.25, 0.3) is 23.1 Å². The number of carbonyl (C=O) groups excluding carboxylic acids is 1. The number of nitrogens with one attached hydrogen (secondary N) is 3. The van der Waals surface area contributed by atoms with Crippen LogP contribution in [-0.4, -0.2) is 56.6 Å². The quantitative estimate of drug-likeness (QED) is 0.178. The second-order valence-electron chi connectivity index (χ2n) is 8.76. The minimum atomic E-state index is -0.159. The molecular weight excluding hydrogens is 500 g/mol. The molecule has 3 N–H and O–H groups in total. The lowest BCUT2D eigenvalue weighted by Crippen LogP contribution is -2.19. The standard InChI is InChI=1S/C29H34N4O4S/c1-20-12-17-38-28(20)29(34)31-25-19-27(37-16-7-14-30-13-6-15-35-2)26(36-3)18-21(25)10-11-24-22-8-4-5-9-23(22)32-33-24/h4-5,8-12,17-19,30H,6-7,13-16H2,1-3H3,(H,31,34)(H,32,33)/b11-10+. The molecule has 0 aliphatic heterocycles. The van der Waals surface area contributed by atoms with Gasteiger partial charge in [0.1, 0.15) is 0 Å². The molecule has 2 aromatic carbocycles. The number of aromatic amines is 1. The van der Waals surface area contributed by atoms with Crippen molar-refractivity contribution in [3.05, 3.63) is 69.5 Å². The Labute approximate surface area is 227 Å². The lowest BCUT2D eigenvalue weighted by atomic mass is 10.1. The topological polar surface area (TPSA) is 97.5 Å². The molecule has 4 rings (SSSR count). The average Bonchev–Trinajstić information content (AvgIpc) is 3.55. The molecule has 0 saturated carbocycles. The number of para-hydroxylation sites is 1. The minimum Gasteiger partial charge on any atom is -0.493 e. The Hall–Kier alpha value is -3.66. The van der Waals surface area contributed by atoms with Crippen molar-refractivity contribution in [3.8, 4) is 11.5 Å². The third-order valence-corrected chi connectivity index (χ3v) is 7.05. The fourth-order valence-corrected chi connectivity index (χ4v) is 4.83. The molecule has 1 amide bonds. The zero-order valence-corrected chi connectivity index (χ0v) is 22.8. The van der Waals surface area contributed by atoms with E-state index in [1.165, 1.54) is 11.3 Å². The molecule has 0 aliphatic carbocycles. The van der Waals surface area contributed by atoms with Gasteiger partial charge < -0.3 is 24.8 Å². The number of nitrogens with zero attached hydrogens (tertiary/aromatic N) is 1. The Morgan fingerprint density at radius 1 is 1.05 bits per heavy atom. The molecule has 0 spiro atoms. The van der Waals surface area contributed by atoms with Crippen LogP contribution in [0.4, 0.5) is 5.69 Å². The zero-order chi connectivity index (χ0) is 26.7. The Morgan fingerprint density at radius 2 is 1.87 bits per heavy atom. The summed E-state index contributed by atoms with van der Waals surface area (Å²) in [6.07, 6.45) is 5.66. The number of amides is 1. The molecule has 0 saturated heterocycles. The molecule has 0 radical (unpaired) electrons. The molecule has 0 bridgehead atoms. The second-order valence-corrected chi connectivity index (χ2v) is 9.68. The lowest BCUT2D eigenvalue weighted by molar-refractivity contribution is 0.103. The Morgan fingerprint density at radius 3 is 2.63 bits per heavy atom. The summed E-state index contributed by atoms with van der Waals surface area (Å²) in [7, 11) is 3.32. The first-order chi connectivity index (χ1) is 18.6. The van der Waals surface area contributed by atoms with Crippen LogP contribution in [-0.2, 0) is 4.74 Å². The van der Waals surface area contributed by atoms with Crippen molar-refractivity contribution in [2.24, 2.45) is 0 Å². The SMILES string of the molecule is COCCCNCCCOc1cc(NC(=O)c2sccc2C)c(/C=C/c2n[nH]c3ccccc23)cc1OC. The maximum Gasteiger partial charge on any atom is 0.266 e. The van der Waals surface area contributed by atoms with Crippen LogP contribution in [0.2, 0.25) is 0 Å². The normalized spacial score (nSPS) is 11.3. The number of aryl methyl sites for hydroxylation is 1. The number of hydrogen-bond acceptors (Lipinski definition) is 7. The summed E-state index contributed by atoms with van der Waals surface area (Å²) in [5.41, 5.74) is 4.12. The van der Waals surface area contributed by atoms with E-state index in [1.54, 1.807) is 14.2 Å². The number of hydrogen-bond donors (Lipinski definition) is 3. The first kappa shape index (κ1) is 27.4. The number of aromatic nitrogens is 2. The zero-order valence-electron chi connectivity index (χ0n) is 22.0. The van der Waals surface area contributed by atoms with Gasteiger partial charge in [-0.05, 0) is 68.1 Å². The lowest BCUT2D eigenvalue weighted by Gasteiger charge is -2.16. The van der Waals surface area contributed by atoms with Gasteiger partial charge in [0.2, 0.25) is 0 Å². The highest BCUT2D eigenvalue weighted by atomic mass is 32.1. The Kier molecular flexibility index (Phi) is 9.91. The van der Waals surface area contributed by atoms with Gasteiger partial charge in [0.15, 0.2) is 11.5 Å². The molecule has 2 aromatic heterocycles. The number of anilines is 1.